The molecule has 0 bridgehead atoms. The van der Waals surface area contributed by atoms with Gasteiger partial charge in [-0.05, 0) is 62.8 Å². The Morgan fingerprint density at radius 2 is 1.81 bits per heavy atom. The largest absolute Gasteiger partial charge is 0.466 e. The lowest BCUT2D eigenvalue weighted by molar-refractivity contribution is -0.146. The maximum Gasteiger partial charge on any atom is 0.328 e. The number of hydrogen-bond acceptors (Lipinski definition) is 8. The molecule has 36 heavy (non-hydrogen) atoms. The molecular formula is C25H31N5O6. The number of nitrogens with two attached hydrogens (primary N) is 1. The highest BCUT2D eigenvalue weighted by atomic mass is 16.5. The number of ether oxygens (including phenoxy) is 2. The molecule has 11 nitrogen and oxygen atoms in total. The number of amides is 1. The fourth-order valence-corrected chi connectivity index (χ4v) is 3.85. The van der Waals surface area contributed by atoms with Crippen molar-refractivity contribution in [2.45, 2.75) is 52.0 Å². The standard InChI is InChI=1S/C25H31N5O6/c1-3-35-19(31)13-12-18(24(34)36-4-2)28-22(32)16-10-8-15(9-11-16)6-5-7-17-14-27-21-20(17)23(33)30-25(26)29-21/h8-11,14,18H,3-7,12-13H2,1-2H3,(H,28,32)(H4,26,27,29,30,33)/t18-/m1/s1. The van der Waals surface area contributed by atoms with E-state index in [0.717, 1.165) is 24.0 Å². The molecule has 0 radical (unpaired) electrons. The minimum atomic E-state index is -0.953. The summed E-state index contributed by atoms with van der Waals surface area (Å²) in [5.41, 5.74) is 8.04. The molecular weight excluding hydrogens is 466 g/mol. The molecule has 0 aliphatic heterocycles. The van der Waals surface area contributed by atoms with Crippen LogP contribution in [-0.4, -0.2) is 52.1 Å². The molecule has 0 fully saturated rings. The second kappa shape index (κ2) is 12.5. The van der Waals surface area contributed by atoms with Gasteiger partial charge < -0.3 is 25.5 Å². The number of aryl methyl sites for hydroxylation is 2. The van der Waals surface area contributed by atoms with Gasteiger partial charge in [-0.2, -0.15) is 4.98 Å². The fourth-order valence-electron chi connectivity index (χ4n) is 3.85. The predicted octanol–water partition coefficient (Wildman–Crippen LogP) is 2.01. The summed E-state index contributed by atoms with van der Waals surface area (Å²) >= 11 is 0. The van der Waals surface area contributed by atoms with Crippen LogP contribution in [0.5, 0.6) is 0 Å². The first kappa shape index (κ1) is 26.5. The van der Waals surface area contributed by atoms with E-state index in [4.69, 9.17) is 15.2 Å². The second-order valence-electron chi connectivity index (χ2n) is 8.16. The quantitative estimate of drug-likeness (QED) is 0.275. The van der Waals surface area contributed by atoms with Crippen molar-refractivity contribution in [3.8, 4) is 0 Å². The van der Waals surface area contributed by atoms with Crippen LogP contribution in [-0.2, 0) is 31.9 Å². The maximum absolute atomic E-state index is 12.7. The Balaban J connectivity index is 1.56. The van der Waals surface area contributed by atoms with E-state index in [0.29, 0.717) is 23.0 Å². The number of nitrogens with zero attached hydrogens (tertiary/aromatic N) is 1. The predicted molar refractivity (Wildman–Crippen MR) is 133 cm³/mol. The lowest BCUT2D eigenvalue weighted by Crippen LogP contribution is -2.42. The van der Waals surface area contributed by atoms with Crippen LogP contribution >= 0.6 is 0 Å². The first-order valence-electron chi connectivity index (χ1n) is 11.9. The number of carbonyl (C=O) groups is 3. The number of rotatable bonds is 12. The summed E-state index contributed by atoms with van der Waals surface area (Å²) < 4.78 is 9.92. The number of aromatic nitrogens is 3. The fraction of sp³-hybridized carbons (Fsp3) is 0.400. The van der Waals surface area contributed by atoms with E-state index >= 15 is 0 Å². The van der Waals surface area contributed by atoms with Gasteiger partial charge in [-0.25, -0.2) is 4.79 Å². The van der Waals surface area contributed by atoms with Crippen LogP contribution in [0.1, 0.15) is 54.6 Å². The van der Waals surface area contributed by atoms with Crippen LogP contribution in [0.3, 0.4) is 0 Å². The van der Waals surface area contributed by atoms with Crippen LogP contribution in [0.15, 0.2) is 35.3 Å². The first-order chi connectivity index (χ1) is 17.3. The topological polar surface area (TPSA) is 169 Å². The van der Waals surface area contributed by atoms with Gasteiger partial charge in [-0.3, -0.25) is 19.4 Å². The van der Waals surface area contributed by atoms with E-state index in [1.807, 2.05) is 12.1 Å². The minimum absolute atomic E-state index is 0.0116. The van der Waals surface area contributed by atoms with Crippen molar-refractivity contribution >= 4 is 34.8 Å². The summed E-state index contributed by atoms with van der Waals surface area (Å²) in [4.78, 5) is 58.4. The van der Waals surface area contributed by atoms with Gasteiger partial charge in [0.05, 0.1) is 18.6 Å². The summed E-state index contributed by atoms with van der Waals surface area (Å²) in [5.74, 6) is -1.41. The third-order valence-electron chi connectivity index (χ3n) is 5.59. The number of aromatic amines is 2. The highest BCUT2D eigenvalue weighted by Gasteiger charge is 2.24. The van der Waals surface area contributed by atoms with E-state index in [9.17, 15) is 19.2 Å². The van der Waals surface area contributed by atoms with Crippen molar-refractivity contribution in [1.29, 1.82) is 0 Å². The number of benzene rings is 1. The van der Waals surface area contributed by atoms with Crippen molar-refractivity contribution in [3.05, 3.63) is 57.5 Å². The monoisotopic (exact) mass is 497 g/mol. The zero-order chi connectivity index (χ0) is 26.1. The Bertz CT molecular complexity index is 1260. The average Bonchev–Trinajstić information content (AvgIpc) is 3.25. The number of nitrogens with one attached hydrogen (secondary N) is 3. The first-order valence-corrected chi connectivity index (χ1v) is 11.9. The molecule has 0 saturated heterocycles. The summed E-state index contributed by atoms with van der Waals surface area (Å²) in [7, 11) is 0. The molecule has 3 aromatic rings. The van der Waals surface area contributed by atoms with Crippen LogP contribution < -0.4 is 16.6 Å². The van der Waals surface area contributed by atoms with Gasteiger partial charge >= 0.3 is 11.9 Å². The zero-order valence-electron chi connectivity index (χ0n) is 20.4. The highest BCUT2D eigenvalue weighted by Crippen LogP contribution is 2.16. The molecule has 1 atom stereocenters. The molecule has 0 saturated carbocycles. The smallest absolute Gasteiger partial charge is 0.328 e. The Hall–Kier alpha value is -4.15. The molecule has 1 aromatic carbocycles. The molecule has 11 heteroatoms. The number of fused-ring (bicyclic) bond motifs is 1. The lowest BCUT2D eigenvalue weighted by Gasteiger charge is -2.17. The van der Waals surface area contributed by atoms with E-state index in [2.05, 4.69) is 20.3 Å². The Labute approximate surface area is 207 Å². The van der Waals surface area contributed by atoms with Crippen LogP contribution in [0.25, 0.3) is 11.0 Å². The van der Waals surface area contributed by atoms with Gasteiger partial charge in [0.15, 0.2) is 0 Å². The van der Waals surface area contributed by atoms with Crippen LogP contribution in [0.2, 0.25) is 0 Å². The van der Waals surface area contributed by atoms with Crippen LogP contribution in [0.4, 0.5) is 5.95 Å². The summed E-state index contributed by atoms with van der Waals surface area (Å²) in [5, 5.41) is 3.16. The van der Waals surface area contributed by atoms with Crippen molar-refractivity contribution in [3.63, 3.8) is 0 Å². The molecule has 1 amide bonds. The zero-order valence-corrected chi connectivity index (χ0v) is 20.4. The summed E-state index contributed by atoms with van der Waals surface area (Å²) in [6.07, 6.45) is 4.02. The molecule has 0 aliphatic carbocycles. The number of carbonyl (C=O) groups excluding carboxylic acids is 3. The normalized spacial score (nSPS) is 11.7. The van der Waals surface area contributed by atoms with Crippen molar-refractivity contribution < 1.29 is 23.9 Å². The van der Waals surface area contributed by atoms with E-state index in [-0.39, 0.29) is 37.6 Å². The highest BCUT2D eigenvalue weighted by molar-refractivity contribution is 5.96. The SMILES string of the molecule is CCOC(=O)CC[C@@H](NC(=O)c1ccc(CCCc2c[nH]c3nc(N)[nH]c(=O)c23)cc1)C(=O)OCC. The van der Waals surface area contributed by atoms with Crippen molar-refractivity contribution in [1.82, 2.24) is 20.3 Å². The van der Waals surface area contributed by atoms with E-state index in [1.165, 1.54) is 0 Å². The number of anilines is 1. The third kappa shape index (κ3) is 6.94. The Morgan fingerprint density at radius 3 is 2.50 bits per heavy atom. The van der Waals surface area contributed by atoms with Gasteiger partial charge in [-0.15, -0.1) is 0 Å². The van der Waals surface area contributed by atoms with Gasteiger partial charge in [0, 0.05) is 18.2 Å². The Kier molecular flexibility index (Phi) is 9.20. The van der Waals surface area contributed by atoms with E-state index in [1.54, 1.807) is 32.2 Å². The van der Waals surface area contributed by atoms with Gasteiger partial charge in [-0.1, -0.05) is 12.1 Å². The van der Waals surface area contributed by atoms with Crippen molar-refractivity contribution in [2.75, 3.05) is 18.9 Å². The van der Waals surface area contributed by atoms with Gasteiger partial charge in [0.1, 0.15) is 11.7 Å². The molecule has 0 aliphatic rings. The molecule has 3 rings (SSSR count). The lowest BCUT2D eigenvalue weighted by atomic mass is 10.0. The maximum atomic E-state index is 12.7. The number of hydrogen-bond donors (Lipinski definition) is 4. The number of esters is 2. The Morgan fingerprint density at radius 1 is 1.08 bits per heavy atom. The summed E-state index contributed by atoms with van der Waals surface area (Å²) in [6, 6.07) is 6.10. The second-order valence-corrected chi connectivity index (χ2v) is 8.16. The van der Waals surface area contributed by atoms with Crippen molar-refractivity contribution in [2.24, 2.45) is 0 Å². The van der Waals surface area contributed by atoms with E-state index < -0.39 is 23.9 Å². The average molecular weight is 498 g/mol. The molecule has 2 aromatic heterocycles. The molecule has 0 spiro atoms. The van der Waals surface area contributed by atoms with Gasteiger partial charge in [0.25, 0.3) is 11.5 Å². The minimum Gasteiger partial charge on any atom is -0.466 e. The van der Waals surface area contributed by atoms with Crippen LogP contribution in [0, 0.1) is 0 Å². The third-order valence-corrected chi connectivity index (χ3v) is 5.59. The number of nitrogen functional groups attached to an aromatic ring is 1. The molecule has 5 N–H and O–H groups in total. The van der Waals surface area contributed by atoms with Gasteiger partial charge in [0.2, 0.25) is 5.95 Å². The molecule has 0 unspecified atom stereocenters. The number of H-pyrrole nitrogens is 2. The molecule has 2 heterocycles. The molecule has 192 valence electrons. The summed E-state index contributed by atoms with van der Waals surface area (Å²) in [6.45, 7) is 3.78.